The van der Waals surface area contributed by atoms with Gasteiger partial charge in [0.15, 0.2) is 0 Å². The lowest BCUT2D eigenvalue weighted by Crippen LogP contribution is -2.18. The van der Waals surface area contributed by atoms with E-state index in [9.17, 15) is 0 Å². The molecule has 1 unspecified atom stereocenters. The predicted molar refractivity (Wildman–Crippen MR) is 91.8 cm³/mol. The Bertz CT molecular complexity index is 581. The summed E-state index contributed by atoms with van der Waals surface area (Å²) in [6.45, 7) is 9.67. The molecule has 1 N–H and O–H groups in total. The van der Waals surface area contributed by atoms with E-state index in [0.717, 1.165) is 17.1 Å². The molecular weight excluding hydrogens is 278 g/mol. The third-order valence-corrected chi connectivity index (χ3v) is 4.20. The van der Waals surface area contributed by atoms with Crippen LogP contribution in [0.1, 0.15) is 50.4 Å². The summed E-state index contributed by atoms with van der Waals surface area (Å²) >= 11 is 6.18. The van der Waals surface area contributed by atoms with E-state index in [1.165, 1.54) is 11.1 Å². The molecule has 21 heavy (non-hydrogen) atoms. The topological polar surface area (TPSA) is 12.0 Å². The van der Waals surface area contributed by atoms with Gasteiger partial charge in [-0.05, 0) is 35.1 Å². The predicted octanol–water partition coefficient (Wildman–Crippen LogP) is 5.49. The quantitative estimate of drug-likeness (QED) is 0.787. The van der Waals surface area contributed by atoms with Gasteiger partial charge in [-0.25, -0.2) is 0 Å². The number of halogens is 1. The van der Waals surface area contributed by atoms with Gasteiger partial charge in [0, 0.05) is 17.6 Å². The molecule has 0 saturated carbocycles. The Balaban J connectivity index is 2.01. The molecule has 0 saturated heterocycles. The van der Waals surface area contributed by atoms with Crippen molar-refractivity contribution in [3.63, 3.8) is 0 Å². The van der Waals surface area contributed by atoms with Gasteiger partial charge in [0.1, 0.15) is 0 Å². The first-order valence-corrected chi connectivity index (χ1v) is 7.83. The highest BCUT2D eigenvalue weighted by atomic mass is 35.5. The molecule has 0 spiro atoms. The number of hydrogen-bond donors (Lipinski definition) is 1. The maximum atomic E-state index is 6.18. The van der Waals surface area contributed by atoms with Crippen LogP contribution in [-0.2, 0) is 12.0 Å². The standard InChI is InChI=1S/C19H24ClN/c1-14(21-13-16-7-5-6-8-18(16)20)15-9-11-17(12-10-15)19(2,3)4/h5-12,14,21H,13H2,1-4H3. The summed E-state index contributed by atoms with van der Waals surface area (Å²) in [7, 11) is 0. The second-order valence-electron chi connectivity index (χ2n) is 6.57. The summed E-state index contributed by atoms with van der Waals surface area (Å²) in [4.78, 5) is 0. The summed E-state index contributed by atoms with van der Waals surface area (Å²) in [5.41, 5.74) is 4.00. The first-order valence-electron chi connectivity index (χ1n) is 7.45. The second kappa shape index (κ2) is 6.64. The Kier molecular flexibility index (Phi) is 5.08. The van der Waals surface area contributed by atoms with E-state index in [1.807, 2.05) is 18.2 Å². The SMILES string of the molecule is CC(NCc1ccccc1Cl)c1ccc(C(C)(C)C)cc1. The summed E-state index contributed by atoms with van der Waals surface area (Å²) in [6, 6.07) is 17.1. The van der Waals surface area contributed by atoms with Crippen LogP contribution >= 0.6 is 11.6 Å². The van der Waals surface area contributed by atoms with Crippen molar-refractivity contribution >= 4 is 11.6 Å². The lowest BCUT2D eigenvalue weighted by atomic mass is 9.86. The molecule has 0 aliphatic heterocycles. The normalized spacial score (nSPS) is 13.2. The summed E-state index contributed by atoms with van der Waals surface area (Å²) in [6.07, 6.45) is 0. The van der Waals surface area contributed by atoms with Crippen LogP contribution in [-0.4, -0.2) is 0 Å². The van der Waals surface area contributed by atoms with Crippen molar-refractivity contribution in [2.75, 3.05) is 0 Å². The third kappa shape index (κ3) is 4.33. The van der Waals surface area contributed by atoms with E-state index < -0.39 is 0 Å². The molecule has 1 nitrogen and oxygen atoms in total. The van der Waals surface area contributed by atoms with Gasteiger partial charge in [-0.3, -0.25) is 0 Å². The number of benzene rings is 2. The molecule has 0 aliphatic carbocycles. The van der Waals surface area contributed by atoms with Crippen molar-refractivity contribution in [1.29, 1.82) is 0 Å². The van der Waals surface area contributed by atoms with Crippen molar-refractivity contribution in [3.8, 4) is 0 Å². The highest BCUT2D eigenvalue weighted by molar-refractivity contribution is 6.31. The second-order valence-corrected chi connectivity index (χ2v) is 6.97. The molecule has 2 aromatic rings. The van der Waals surface area contributed by atoms with Crippen LogP contribution in [0.5, 0.6) is 0 Å². The average Bonchev–Trinajstić information content (AvgIpc) is 2.45. The van der Waals surface area contributed by atoms with Crippen LogP contribution in [0.25, 0.3) is 0 Å². The lowest BCUT2D eigenvalue weighted by molar-refractivity contribution is 0.569. The van der Waals surface area contributed by atoms with E-state index in [0.29, 0.717) is 6.04 Å². The van der Waals surface area contributed by atoms with Crippen LogP contribution in [0.3, 0.4) is 0 Å². The maximum absolute atomic E-state index is 6.18. The van der Waals surface area contributed by atoms with E-state index >= 15 is 0 Å². The summed E-state index contributed by atoms with van der Waals surface area (Å²) < 4.78 is 0. The molecular formula is C19H24ClN. The van der Waals surface area contributed by atoms with Gasteiger partial charge in [-0.1, -0.05) is 74.8 Å². The zero-order chi connectivity index (χ0) is 15.5. The fraction of sp³-hybridized carbons (Fsp3) is 0.368. The minimum atomic E-state index is 0.201. The Morgan fingerprint density at radius 2 is 1.62 bits per heavy atom. The van der Waals surface area contributed by atoms with Gasteiger partial charge < -0.3 is 5.32 Å². The van der Waals surface area contributed by atoms with E-state index in [2.05, 4.69) is 63.3 Å². The molecule has 0 fully saturated rings. The molecule has 0 heterocycles. The van der Waals surface area contributed by atoms with Gasteiger partial charge in [0.25, 0.3) is 0 Å². The first kappa shape index (κ1) is 16.1. The Labute approximate surface area is 133 Å². The number of rotatable bonds is 4. The van der Waals surface area contributed by atoms with Crippen molar-refractivity contribution in [2.24, 2.45) is 0 Å². The van der Waals surface area contributed by atoms with Gasteiger partial charge >= 0.3 is 0 Å². The Morgan fingerprint density at radius 3 is 2.19 bits per heavy atom. The van der Waals surface area contributed by atoms with Crippen LogP contribution in [0, 0.1) is 0 Å². The fourth-order valence-electron chi connectivity index (χ4n) is 2.29. The first-order chi connectivity index (χ1) is 9.88. The molecule has 2 heteroatoms. The largest absolute Gasteiger partial charge is 0.306 e. The minimum Gasteiger partial charge on any atom is -0.306 e. The van der Waals surface area contributed by atoms with Gasteiger partial charge in [0.2, 0.25) is 0 Å². The summed E-state index contributed by atoms with van der Waals surface area (Å²) in [5.74, 6) is 0. The fourth-order valence-corrected chi connectivity index (χ4v) is 2.50. The van der Waals surface area contributed by atoms with Crippen LogP contribution in [0.4, 0.5) is 0 Å². The molecule has 1 atom stereocenters. The monoisotopic (exact) mass is 301 g/mol. The molecule has 0 radical (unpaired) electrons. The highest BCUT2D eigenvalue weighted by Gasteiger charge is 2.14. The molecule has 112 valence electrons. The third-order valence-electron chi connectivity index (χ3n) is 3.83. The molecule has 0 aliphatic rings. The lowest BCUT2D eigenvalue weighted by Gasteiger charge is -2.21. The summed E-state index contributed by atoms with van der Waals surface area (Å²) in [5, 5.41) is 4.35. The van der Waals surface area contributed by atoms with Crippen LogP contribution in [0.15, 0.2) is 48.5 Å². The van der Waals surface area contributed by atoms with Crippen molar-refractivity contribution in [2.45, 2.75) is 45.7 Å². The van der Waals surface area contributed by atoms with Crippen molar-refractivity contribution in [1.82, 2.24) is 5.32 Å². The van der Waals surface area contributed by atoms with E-state index in [4.69, 9.17) is 11.6 Å². The smallest absolute Gasteiger partial charge is 0.0450 e. The highest BCUT2D eigenvalue weighted by Crippen LogP contribution is 2.24. The molecule has 0 bridgehead atoms. The van der Waals surface area contributed by atoms with E-state index in [-0.39, 0.29) is 5.41 Å². The van der Waals surface area contributed by atoms with Crippen molar-refractivity contribution < 1.29 is 0 Å². The van der Waals surface area contributed by atoms with Gasteiger partial charge in [0.05, 0.1) is 0 Å². The zero-order valence-electron chi connectivity index (χ0n) is 13.3. The molecule has 2 rings (SSSR count). The van der Waals surface area contributed by atoms with Crippen molar-refractivity contribution in [3.05, 3.63) is 70.2 Å². The van der Waals surface area contributed by atoms with Crippen LogP contribution < -0.4 is 5.32 Å². The average molecular weight is 302 g/mol. The minimum absolute atomic E-state index is 0.201. The Hall–Kier alpha value is -1.31. The maximum Gasteiger partial charge on any atom is 0.0450 e. The van der Waals surface area contributed by atoms with Gasteiger partial charge in [-0.15, -0.1) is 0 Å². The zero-order valence-corrected chi connectivity index (χ0v) is 14.0. The molecule has 0 aromatic heterocycles. The Morgan fingerprint density at radius 1 is 1.00 bits per heavy atom. The van der Waals surface area contributed by atoms with E-state index in [1.54, 1.807) is 0 Å². The molecule has 0 amide bonds. The number of hydrogen-bond acceptors (Lipinski definition) is 1. The number of nitrogens with one attached hydrogen (secondary N) is 1. The molecule has 2 aromatic carbocycles. The van der Waals surface area contributed by atoms with Crippen LogP contribution in [0.2, 0.25) is 5.02 Å². The van der Waals surface area contributed by atoms with Gasteiger partial charge in [-0.2, -0.15) is 0 Å².